The molecular formula is C5H8ClN5. The first kappa shape index (κ1) is 8.06. The van der Waals surface area contributed by atoms with Crippen molar-refractivity contribution < 1.29 is 0 Å². The van der Waals surface area contributed by atoms with Crippen molar-refractivity contribution in [3.05, 3.63) is 17.3 Å². The highest BCUT2D eigenvalue weighted by Gasteiger charge is 1.97. The lowest BCUT2D eigenvalue weighted by molar-refractivity contribution is 1.22. The quantitative estimate of drug-likeness (QED) is 0.294. The van der Waals surface area contributed by atoms with E-state index in [4.69, 9.17) is 23.3 Å². The van der Waals surface area contributed by atoms with Gasteiger partial charge in [-0.3, -0.25) is 5.84 Å². The van der Waals surface area contributed by atoms with Crippen molar-refractivity contribution in [2.75, 3.05) is 10.9 Å². The van der Waals surface area contributed by atoms with Crippen molar-refractivity contribution in [2.24, 2.45) is 11.7 Å². The minimum atomic E-state index is 0.327. The van der Waals surface area contributed by atoms with Gasteiger partial charge >= 0.3 is 0 Å². The first-order valence-electron chi connectivity index (χ1n) is 2.87. The third-order valence-electron chi connectivity index (χ3n) is 1.11. The maximum Gasteiger partial charge on any atom is 0.143 e. The van der Waals surface area contributed by atoms with Crippen LogP contribution in [-0.2, 0) is 0 Å². The van der Waals surface area contributed by atoms with E-state index >= 15 is 0 Å². The third kappa shape index (κ3) is 1.94. The average molecular weight is 174 g/mol. The molecule has 0 aliphatic rings. The summed E-state index contributed by atoms with van der Waals surface area (Å²) in [5, 5.41) is 0.327. The van der Waals surface area contributed by atoms with Crippen LogP contribution in [0.25, 0.3) is 0 Å². The van der Waals surface area contributed by atoms with Crippen LogP contribution in [-0.4, -0.2) is 4.98 Å². The van der Waals surface area contributed by atoms with Crippen LogP contribution >= 0.6 is 11.6 Å². The number of aromatic nitrogens is 1. The summed E-state index contributed by atoms with van der Waals surface area (Å²) >= 11 is 5.61. The fourth-order valence-electron chi connectivity index (χ4n) is 0.654. The number of hydrogen-bond acceptors (Lipinski definition) is 5. The SMILES string of the molecule is NNc1cc(Cl)nc(NN)c1. The first-order chi connectivity index (χ1) is 5.26. The zero-order chi connectivity index (χ0) is 8.27. The zero-order valence-corrected chi connectivity index (χ0v) is 6.39. The monoisotopic (exact) mass is 173 g/mol. The lowest BCUT2D eigenvalue weighted by atomic mass is 10.4. The normalized spacial score (nSPS) is 9.36. The Bertz CT molecular complexity index is 228. The van der Waals surface area contributed by atoms with Gasteiger partial charge in [-0.25, -0.2) is 10.8 Å². The number of pyridine rings is 1. The van der Waals surface area contributed by atoms with Gasteiger partial charge in [0.15, 0.2) is 0 Å². The third-order valence-corrected chi connectivity index (χ3v) is 1.30. The molecule has 0 saturated carbocycles. The van der Waals surface area contributed by atoms with Gasteiger partial charge in [0.25, 0.3) is 0 Å². The van der Waals surface area contributed by atoms with E-state index in [9.17, 15) is 0 Å². The van der Waals surface area contributed by atoms with Gasteiger partial charge in [0, 0.05) is 12.1 Å². The molecule has 6 heteroatoms. The Morgan fingerprint density at radius 3 is 2.55 bits per heavy atom. The van der Waals surface area contributed by atoms with Gasteiger partial charge in [-0.15, -0.1) is 0 Å². The Morgan fingerprint density at radius 1 is 1.27 bits per heavy atom. The van der Waals surface area contributed by atoms with E-state index in [2.05, 4.69) is 15.8 Å². The molecule has 1 rings (SSSR count). The molecule has 5 nitrogen and oxygen atoms in total. The van der Waals surface area contributed by atoms with Gasteiger partial charge in [-0.05, 0) is 0 Å². The second kappa shape index (κ2) is 3.38. The number of nitrogens with zero attached hydrogens (tertiary/aromatic N) is 1. The highest BCUT2D eigenvalue weighted by atomic mass is 35.5. The molecule has 0 atom stereocenters. The minimum absolute atomic E-state index is 0.327. The summed E-state index contributed by atoms with van der Waals surface area (Å²) in [7, 11) is 0. The minimum Gasteiger partial charge on any atom is -0.324 e. The summed E-state index contributed by atoms with van der Waals surface area (Å²) < 4.78 is 0. The van der Waals surface area contributed by atoms with Crippen LogP contribution in [0.1, 0.15) is 0 Å². The Morgan fingerprint density at radius 2 is 2.00 bits per heavy atom. The van der Waals surface area contributed by atoms with Crippen LogP contribution in [0.15, 0.2) is 12.1 Å². The second-order valence-electron chi connectivity index (χ2n) is 1.85. The Balaban J connectivity index is 3.02. The number of rotatable bonds is 2. The fraction of sp³-hybridized carbons (Fsp3) is 0. The summed E-state index contributed by atoms with van der Waals surface area (Å²) in [4.78, 5) is 3.83. The molecule has 1 aromatic heterocycles. The molecular weight excluding hydrogens is 166 g/mol. The van der Waals surface area contributed by atoms with Crippen LogP contribution in [0, 0.1) is 0 Å². The van der Waals surface area contributed by atoms with Crippen LogP contribution in [0.2, 0.25) is 5.15 Å². The van der Waals surface area contributed by atoms with Gasteiger partial charge in [0.2, 0.25) is 0 Å². The van der Waals surface area contributed by atoms with Gasteiger partial charge in [0.05, 0.1) is 5.69 Å². The maximum absolute atomic E-state index is 5.61. The van der Waals surface area contributed by atoms with E-state index < -0.39 is 0 Å². The molecule has 0 spiro atoms. The van der Waals surface area contributed by atoms with Crippen LogP contribution < -0.4 is 22.5 Å². The van der Waals surface area contributed by atoms with Crippen molar-refractivity contribution in [1.29, 1.82) is 0 Å². The van der Waals surface area contributed by atoms with Crippen molar-refractivity contribution in [3.63, 3.8) is 0 Å². The van der Waals surface area contributed by atoms with E-state index in [1.807, 2.05) is 0 Å². The van der Waals surface area contributed by atoms with Gasteiger partial charge in [0.1, 0.15) is 11.0 Å². The van der Waals surface area contributed by atoms with E-state index in [1.54, 1.807) is 12.1 Å². The number of hydrogen-bond donors (Lipinski definition) is 4. The number of nitrogens with two attached hydrogens (primary N) is 2. The summed E-state index contributed by atoms with van der Waals surface area (Å²) in [6.45, 7) is 0. The summed E-state index contributed by atoms with van der Waals surface area (Å²) in [5.74, 6) is 10.7. The number of nitrogen functional groups attached to an aromatic ring is 2. The van der Waals surface area contributed by atoms with Crippen LogP contribution in [0.3, 0.4) is 0 Å². The number of hydrazine groups is 2. The molecule has 60 valence electrons. The molecule has 11 heavy (non-hydrogen) atoms. The largest absolute Gasteiger partial charge is 0.324 e. The predicted octanol–water partition coefficient (Wildman–Crippen LogP) is 0.306. The molecule has 0 aliphatic heterocycles. The van der Waals surface area contributed by atoms with E-state index in [0.29, 0.717) is 16.7 Å². The summed E-state index contributed by atoms with van der Waals surface area (Å²) in [6.07, 6.45) is 0. The number of halogens is 1. The number of anilines is 2. The first-order valence-corrected chi connectivity index (χ1v) is 3.25. The number of nitrogens with one attached hydrogen (secondary N) is 2. The van der Waals surface area contributed by atoms with Crippen LogP contribution in [0.5, 0.6) is 0 Å². The topological polar surface area (TPSA) is 89.0 Å². The Hall–Kier alpha value is -1.04. The lowest BCUT2D eigenvalue weighted by Gasteiger charge is -2.03. The highest BCUT2D eigenvalue weighted by Crippen LogP contribution is 2.16. The van der Waals surface area contributed by atoms with E-state index in [0.717, 1.165) is 0 Å². The molecule has 0 aliphatic carbocycles. The maximum atomic E-state index is 5.61. The molecule has 6 N–H and O–H groups in total. The molecule has 0 bridgehead atoms. The smallest absolute Gasteiger partial charge is 0.143 e. The second-order valence-corrected chi connectivity index (χ2v) is 2.24. The standard InChI is InChI=1S/C5H8ClN5/c6-4-1-3(10-7)2-5(9-4)11-8/h1-2H,7-8H2,(H2,9,10,11). The van der Waals surface area contributed by atoms with Crippen molar-refractivity contribution in [3.8, 4) is 0 Å². The Kier molecular flexibility index (Phi) is 2.48. The summed E-state index contributed by atoms with van der Waals surface area (Å²) in [5.41, 5.74) is 5.42. The van der Waals surface area contributed by atoms with Crippen LogP contribution in [0.4, 0.5) is 11.5 Å². The Labute approximate surface area is 68.7 Å². The van der Waals surface area contributed by atoms with Gasteiger partial charge < -0.3 is 10.9 Å². The van der Waals surface area contributed by atoms with E-state index in [-0.39, 0.29) is 0 Å². The average Bonchev–Trinajstić information content (AvgIpc) is 2.03. The molecule has 0 radical (unpaired) electrons. The molecule has 1 aromatic rings. The molecule has 0 saturated heterocycles. The molecule has 0 amide bonds. The van der Waals surface area contributed by atoms with Gasteiger partial charge in [-0.2, -0.15) is 0 Å². The van der Waals surface area contributed by atoms with E-state index in [1.165, 1.54) is 0 Å². The molecule has 0 unspecified atom stereocenters. The van der Waals surface area contributed by atoms with Crippen molar-refractivity contribution in [1.82, 2.24) is 4.98 Å². The summed E-state index contributed by atoms with van der Waals surface area (Å²) in [6, 6.07) is 3.22. The van der Waals surface area contributed by atoms with Crippen molar-refractivity contribution in [2.45, 2.75) is 0 Å². The lowest BCUT2D eigenvalue weighted by Crippen LogP contribution is -2.11. The predicted molar refractivity (Wildman–Crippen MR) is 44.9 cm³/mol. The molecule has 0 fully saturated rings. The molecule has 1 heterocycles. The zero-order valence-electron chi connectivity index (χ0n) is 5.63. The van der Waals surface area contributed by atoms with Crippen molar-refractivity contribution >= 4 is 23.1 Å². The van der Waals surface area contributed by atoms with Gasteiger partial charge in [-0.1, -0.05) is 11.6 Å². The fourth-order valence-corrected chi connectivity index (χ4v) is 0.863. The highest BCUT2D eigenvalue weighted by molar-refractivity contribution is 6.29. The molecule has 0 aromatic carbocycles.